The quantitative estimate of drug-likeness (QED) is 0.844. The molecule has 0 saturated heterocycles. The fraction of sp³-hybridized carbons (Fsp3) is 0.867. The summed E-state index contributed by atoms with van der Waals surface area (Å²) in [6, 6.07) is 0.912. The number of hydrogen-bond acceptors (Lipinski definition) is 3. The molecular weight excluding hydrogens is 268 g/mol. The van der Waals surface area contributed by atoms with E-state index in [4.69, 9.17) is 12.2 Å². The zero-order valence-corrected chi connectivity index (χ0v) is 14.3. The Balaban J connectivity index is 2.31. The Hall–Kier alpha value is -0.840. The van der Waals surface area contributed by atoms with Gasteiger partial charge < -0.3 is 4.90 Å². The number of H-pyrrole nitrogens is 1. The fourth-order valence-electron chi connectivity index (χ4n) is 2.97. The maximum atomic E-state index is 5.47. The first-order valence-electron chi connectivity index (χ1n) is 7.72. The number of nitrogens with one attached hydrogen (secondary N) is 1. The summed E-state index contributed by atoms with van der Waals surface area (Å²) < 4.78 is 3.01. The molecule has 2 rings (SSSR count). The van der Waals surface area contributed by atoms with Gasteiger partial charge in [-0.25, -0.2) is 5.10 Å². The Morgan fingerprint density at radius 2 is 1.90 bits per heavy atom. The molecule has 4 nitrogen and oxygen atoms in total. The largest absolute Gasteiger partial charge is 0.341 e. The first kappa shape index (κ1) is 15.5. The van der Waals surface area contributed by atoms with Crippen LogP contribution in [0.1, 0.15) is 65.8 Å². The van der Waals surface area contributed by atoms with Crippen molar-refractivity contribution in [1.29, 1.82) is 0 Å². The fourth-order valence-corrected chi connectivity index (χ4v) is 3.24. The van der Waals surface area contributed by atoms with Crippen LogP contribution in [0.15, 0.2) is 0 Å². The Bertz CT molecular complexity index is 491. The minimum absolute atomic E-state index is 0.208. The molecule has 5 heteroatoms. The van der Waals surface area contributed by atoms with Gasteiger partial charge in [0.2, 0.25) is 5.95 Å². The van der Waals surface area contributed by atoms with Crippen LogP contribution in [0.3, 0.4) is 0 Å². The van der Waals surface area contributed by atoms with Crippen molar-refractivity contribution in [1.82, 2.24) is 14.8 Å². The van der Waals surface area contributed by atoms with E-state index in [1.54, 1.807) is 0 Å². The van der Waals surface area contributed by atoms with Gasteiger partial charge in [-0.1, -0.05) is 40.0 Å². The third-order valence-corrected chi connectivity index (χ3v) is 5.06. The number of hydrogen-bond donors (Lipinski definition) is 1. The number of rotatable bonds is 3. The first-order valence-corrected chi connectivity index (χ1v) is 8.13. The van der Waals surface area contributed by atoms with E-state index in [1.807, 2.05) is 0 Å². The van der Waals surface area contributed by atoms with Crippen LogP contribution < -0.4 is 4.90 Å². The van der Waals surface area contributed by atoms with Crippen LogP contribution in [0.25, 0.3) is 0 Å². The lowest BCUT2D eigenvalue weighted by atomic mass is 9.87. The van der Waals surface area contributed by atoms with Crippen molar-refractivity contribution in [2.45, 2.75) is 71.9 Å². The molecule has 1 aliphatic carbocycles. The van der Waals surface area contributed by atoms with Crippen molar-refractivity contribution in [2.75, 3.05) is 11.9 Å². The molecule has 1 fully saturated rings. The lowest BCUT2D eigenvalue weighted by molar-refractivity contribution is 0.315. The summed E-state index contributed by atoms with van der Waals surface area (Å²) >= 11 is 5.47. The summed E-state index contributed by atoms with van der Waals surface area (Å²) in [6.07, 6.45) is 6.40. The Morgan fingerprint density at radius 3 is 2.45 bits per heavy atom. The van der Waals surface area contributed by atoms with Crippen molar-refractivity contribution >= 4 is 18.2 Å². The van der Waals surface area contributed by atoms with Crippen molar-refractivity contribution in [3.8, 4) is 0 Å². The average molecular weight is 296 g/mol. The molecular formula is C15H28N4S. The van der Waals surface area contributed by atoms with Gasteiger partial charge in [-0.2, -0.15) is 0 Å². The van der Waals surface area contributed by atoms with Crippen molar-refractivity contribution in [2.24, 2.45) is 5.41 Å². The summed E-state index contributed by atoms with van der Waals surface area (Å²) in [5.41, 5.74) is 0.208. The minimum Gasteiger partial charge on any atom is -0.341 e. The molecule has 20 heavy (non-hydrogen) atoms. The van der Waals surface area contributed by atoms with Gasteiger partial charge in [-0.05, 0) is 37.4 Å². The highest BCUT2D eigenvalue weighted by atomic mass is 32.1. The summed E-state index contributed by atoms with van der Waals surface area (Å²) in [5.74, 6) is 0.990. The van der Waals surface area contributed by atoms with Crippen molar-refractivity contribution in [3.05, 3.63) is 4.77 Å². The second-order valence-electron chi connectivity index (χ2n) is 7.14. The predicted molar refractivity (Wildman–Crippen MR) is 86.9 cm³/mol. The van der Waals surface area contributed by atoms with Crippen molar-refractivity contribution in [3.63, 3.8) is 0 Å². The molecule has 0 aliphatic heterocycles. The Kier molecular flexibility index (Phi) is 4.57. The van der Waals surface area contributed by atoms with Crippen LogP contribution in [-0.2, 0) is 0 Å². The second-order valence-corrected chi connectivity index (χ2v) is 7.53. The van der Waals surface area contributed by atoms with Gasteiger partial charge in [0.15, 0.2) is 4.77 Å². The van der Waals surface area contributed by atoms with Crippen molar-refractivity contribution < 1.29 is 0 Å². The minimum atomic E-state index is 0.208. The van der Waals surface area contributed by atoms with Gasteiger partial charge >= 0.3 is 0 Å². The van der Waals surface area contributed by atoms with E-state index < -0.39 is 0 Å². The maximum absolute atomic E-state index is 5.47. The molecule has 1 aromatic rings. The van der Waals surface area contributed by atoms with Gasteiger partial charge in [0, 0.05) is 19.1 Å². The molecule has 1 saturated carbocycles. The molecule has 0 spiro atoms. The number of aromatic amines is 1. The zero-order chi connectivity index (χ0) is 14.9. The van der Waals surface area contributed by atoms with Crippen LogP contribution in [0.4, 0.5) is 5.95 Å². The third kappa shape index (κ3) is 3.08. The lowest BCUT2D eigenvalue weighted by Gasteiger charge is -2.37. The van der Waals surface area contributed by atoms with E-state index in [0.29, 0.717) is 12.1 Å². The monoisotopic (exact) mass is 296 g/mol. The normalized spacial score (nSPS) is 19.1. The lowest BCUT2D eigenvalue weighted by Crippen LogP contribution is -2.41. The molecule has 1 atom stereocenters. The van der Waals surface area contributed by atoms with E-state index in [0.717, 1.165) is 10.7 Å². The second kappa shape index (κ2) is 5.88. The third-order valence-electron chi connectivity index (χ3n) is 4.78. The summed E-state index contributed by atoms with van der Waals surface area (Å²) in [4.78, 5) is 2.26. The van der Waals surface area contributed by atoms with Crippen LogP contribution in [-0.4, -0.2) is 27.9 Å². The molecule has 1 N–H and O–H groups in total. The van der Waals surface area contributed by atoms with E-state index in [-0.39, 0.29) is 5.41 Å². The summed E-state index contributed by atoms with van der Waals surface area (Å²) in [5, 5.41) is 7.49. The first-order chi connectivity index (χ1) is 9.32. The topological polar surface area (TPSA) is 36.9 Å². The predicted octanol–water partition coefficient (Wildman–Crippen LogP) is 4.32. The molecule has 1 heterocycles. The smallest absolute Gasteiger partial charge is 0.225 e. The van der Waals surface area contributed by atoms with Crippen LogP contribution >= 0.6 is 12.2 Å². The van der Waals surface area contributed by atoms with Gasteiger partial charge in [-0.15, -0.1) is 5.10 Å². The molecule has 1 aliphatic rings. The SMILES string of the molecule is CC(N(C)c1n[nH]c(=S)n1C1CCCCC1)C(C)(C)C. The maximum Gasteiger partial charge on any atom is 0.225 e. The molecule has 0 amide bonds. The van der Waals surface area contributed by atoms with Gasteiger partial charge in [0.1, 0.15) is 0 Å². The molecule has 0 radical (unpaired) electrons. The Labute approximate surface area is 127 Å². The number of nitrogens with zero attached hydrogens (tertiary/aromatic N) is 3. The molecule has 114 valence electrons. The molecule has 0 bridgehead atoms. The molecule has 1 unspecified atom stereocenters. The molecule has 1 aromatic heterocycles. The summed E-state index contributed by atoms with van der Waals surface area (Å²) in [6.45, 7) is 9.05. The summed E-state index contributed by atoms with van der Waals surface area (Å²) in [7, 11) is 2.13. The number of anilines is 1. The van der Waals surface area contributed by atoms with E-state index in [2.05, 4.69) is 54.4 Å². The average Bonchev–Trinajstić information content (AvgIpc) is 2.79. The van der Waals surface area contributed by atoms with Crippen LogP contribution in [0.2, 0.25) is 0 Å². The number of aromatic nitrogens is 3. The highest BCUT2D eigenvalue weighted by Gasteiger charge is 2.29. The molecule has 0 aromatic carbocycles. The van der Waals surface area contributed by atoms with Crippen LogP contribution in [0, 0.1) is 10.2 Å². The zero-order valence-electron chi connectivity index (χ0n) is 13.4. The van der Waals surface area contributed by atoms with E-state index in [1.165, 1.54) is 32.1 Å². The van der Waals surface area contributed by atoms with E-state index >= 15 is 0 Å². The standard InChI is InChI=1S/C15H28N4S/c1-11(15(2,3)4)18(5)13-16-17-14(20)19(13)12-9-7-6-8-10-12/h11-12H,6-10H2,1-5H3,(H,17,20). The Morgan fingerprint density at radius 1 is 1.30 bits per heavy atom. The van der Waals surface area contributed by atoms with Gasteiger partial charge in [-0.3, -0.25) is 4.57 Å². The highest BCUT2D eigenvalue weighted by molar-refractivity contribution is 7.71. The van der Waals surface area contributed by atoms with E-state index in [9.17, 15) is 0 Å². The van der Waals surface area contributed by atoms with Crippen LogP contribution in [0.5, 0.6) is 0 Å². The highest BCUT2D eigenvalue weighted by Crippen LogP contribution is 2.33. The van der Waals surface area contributed by atoms with Gasteiger partial charge in [0.25, 0.3) is 0 Å². The van der Waals surface area contributed by atoms with Gasteiger partial charge in [0.05, 0.1) is 0 Å².